The Labute approximate surface area is 206 Å². The SMILES string of the molecule is C=C/C(=C\C(=C/C)c1cnc2n[nH]c(-c3cc4c(-c5ccc(F)s5)nccc4[nH]3)c2c1)NC(C)C. The lowest BCUT2D eigenvalue weighted by Gasteiger charge is -2.12. The molecular formula is C27H25FN6S. The fourth-order valence-corrected chi connectivity index (χ4v) is 4.82. The van der Waals surface area contributed by atoms with Crippen LogP contribution in [-0.2, 0) is 0 Å². The molecule has 8 heteroatoms. The Hall–Kier alpha value is -4.04. The number of halogens is 1. The summed E-state index contributed by atoms with van der Waals surface area (Å²) in [5.74, 6) is 0. The van der Waals surface area contributed by atoms with E-state index in [9.17, 15) is 4.39 Å². The van der Waals surface area contributed by atoms with Gasteiger partial charge in [0.15, 0.2) is 10.8 Å². The van der Waals surface area contributed by atoms with Crippen molar-refractivity contribution in [1.29, 1.82) is 0 Å². The van der Waals surface area contributed by atoms with E-state index >= 15 is 0 Å². The van der Waals surface area contributed by atoms with Crippen LogP contribution in [0.25, 0.3) is 49.5 Å². The zero-order chi connectivity index (χ0) is 24.5. The Balaban J connectivity index is 1.59. The third-order valence-corrected chi connectivity index (χ3v) is 6.54. The Morgan fingerprint density at radius 1 is 1.17 bits per heavy atom. The van der Waals surface area contributed by atoms with Crippen molar-refractivity contribution in [1.82, 2.24) is 30.5 Å². The molecule has 0 bridgehead atoms. The number of hydrogen-bond donors (Lipinski definition) is 3. The molecule has 0 atom stereocenters. The number of rotatable bonds is 7. The molecule has 5 heterocycles. The maximum absolute atomic E-state index is 13.7. The molecule has 0 saturated carbocycles. The van der Waals surface area contributed by atoms with Crippen LogP contribution in [0.5, 0.6) is 0 Å². The van der Waals surface area contributed by atoms with Gasteiger partial charge in [0.1, 0.15) is 0 Å². The monoisotopic (exact) mass is 484 g/mol. The van der Waals surface area contributed by atoms with Crippen LogP contribution >= 0.6 is 11.3 Å². The molecule has 0 aliphatic heterocycles. The molecule has 176 valence electrons. The van der Waals surface area contributed by atoms with E-state index in [1.54, 1.807) is 12.3 Å². The van der Waals surface area contributed by atoms with Crippen LogP contribution in [0.3, 0.4) is 0 Å². The summed E-state index contributed by atoms with van der Waals surface area (Å²) in [4.78, 5) is 13.3. The van der Waals surface area contributed by atoms with E-state index < -0.39 is 0 Å². The maximum atomic E-state index is 13.7. The van der Waals surface area contributed by atoms with Gasteiger partial charge < -0.3 is 10.3 Å². The van der Waals surface area contributed by atoms with Gasteiger partial charge in [0.2, 0.25) is 0 Å². The predicted octanol–water partition coefficient (Wildman–Crippen LogP) is 6.84. The van der Waals surface area contributed by atoms with Gasteiger partial charge in [-0.2, -0.15) is 9.49 Å². The molecule has 0 saturated heterocycles. The second kappa shape index (κ2) is 9.31. The second-order valence-electron chi connectivity index (χ2n) is 8.45. The first kappa shape index (κ1) is 22.7. The van der Waals surface area contributed by atoms with Gasteiger partial charge in [0.25, 0.3) is 0 Å². The van der Waals surface area contributed by atoms with Gasteiger partial charge in [-0.25, -0.2) is 4.98 Å². The van der Waals surface area contributed by atoms with Gasteiger partial charge in [0.05, 0.1) is 22.0 Å². The number of pyridine rings is 2. The quantitative estimate of drug-likeness (QED) is 0.221. The largest absolute Gasteiger partial charge is 0.383 e. The topological polar surface area (TPSA) is 82.3 Å². The van der Waals surface area contributed by atoms with Crippen LogP contribution in [0.1, 0.15) is 26.3 Å². The van der Waals surface area contributed by atoms with Crippen LogP contribution in [0, 0.1) is 5.13 Å². The van der Waals surface area contributed by atoms with Crippen LogP contribution in [0.15, 0.2) is 73.2 Å². The number of aromatic amines is 2. The Morgan fingerprint density at radius 2 is 2.03 bits per heavy atom. The highest BCUT2D eigenvalue weighted by Gasteiger charge is 2.16. The molecule has 0 aliphatic rings. The minimum absolute atomic E-state index is 0.232. The van der Waals surface area contributed by atoms with Crippen LogP contribution in [0.4, 0.5) is 4.39 Å². The Kier molecular flexibility index (Phi) is 6.05. The van der Waals surface area contributed by atoms with E-state index in [0.717, 1.165) is 66.4 Å². The van der Waals surface area contributed by atoms with E-state index in [0.29, 0.717) is 11.7 Å². The number of nitrogens with one attached hydrogen (secondary N) is 3. The summed E-state index contributed by atoms with van der Waals surface area (Å²) in [6.07, 6.45) is 9.49. The van der Waals surface area contributed by atoms with Crippen LogP contribution < -0.4 is 5.32 Å². The highest BCUT2D eigenvalue weighted by atomic mass is 32.1. The summed E-state index contributed by atoms with van der Waals surface area (Å²) in [6, 6.07) is 9.54. The molecule has 0 unspecified atom stereocenters. The Morgan fingerprint density at radius 3 is 2.74 bits per heavy atom. The molecule has 6 nitrogen and oxygen atoms in total. The van der Waals surface area contributed by atoms with Crippen molar-refractivity contribution in [3.05, 3.63) is 83.9 Å². The van der Waals surface area contributed by atoms with E-state index in [1.165, 1.54) is 6.07 Å². The van der Waals surface area contributed by atoms with Gasteiger partial charge in [-0.05, 0) is 68.8 Å². The van der Waals surface area contributed by atoms with Crippen molar-refractivity contribution in [2.75, 3.05) is 0 Å². The molecule has 3 N–H and O–H groups in total. The number of H-pyrrole nitrogens is 2. The molecule has 5 rings (SSSR count). The maximum Gasteiger partial charge on any atom is 0.181 e. The first-order valence-electron chi connectivity index (χ1n) is 11.3. The second-order valence-corrected chi connectivity index (χ2v) is 9.48. The van der Waals surface area contributed by atoms with Crippen LogP contribution in [0.2, 0.25) is 0 Å². The number of fused-ring (bicyclic) bond motifs is 2. The molecule has 0 aliphatic carbocycles. The number of aromatic nitrogens is 5. The van der Waals surface area contributed by atoms with Crippen molar-refractivity contribution in [2.45, 2.75) is 26.8 Å². The average molecular weight is 485 g/mol. The van der Waals surface area contributed by atoms with Crippen molar-refractivity contribution >= 4 is 38.8 Å². The van der Waals surface area contributed by atoms with Gasteiger partial charge in [-0.15, -0.1) is 11.3 Å². The number of nitrogens with zero attached hydrogens (tertiary/aromatic N) is 3. The summed E-state index contributed by atoms with van der Waals surface area (Å²) in [7, 11) is 0. The molecule has 35 heavy (non-hydrogen) atoms. The normalized spacial score (nSPS) is 12.7. The first-order chi connectivity index (χ1) is 17.0. The minimum Gasteiger partial charge on any atom is -0.383 e. The number of allylic oxidation sites excluding steroid dienone is 4. The highest BCUT2D eigenvalue weighted by Crippen LogP contribution is 2.35. The number of thiophene rings is 1. The first-order valence-corrected chi connectivity index (χ1v) is 12.1. The lowest BCUT2D eigenvalue weighted by Crippen LogP contribution is -2.20. The summed E-state index contributed by atoms with van der Waals surface area (Å²) in [6.45, 7) is 10.1. The molecule has 0 amide bonds. The summed E-state index contributed by atoms with van der Waals surface area (Å²) in [5, 5.41) is 12.5. The van der Waals surface area contributed by atoms with E-state index in [1.807, 2.05) is 31.3 Å². The molecule has 5 aromatic heterocycles. The molecule has 5 aromatic rings. The smallest absolute Gasteiger partial charge is 0.181 e. The van der Waals surface area contributed by atoms with E-state index in [-0.39, 0.29) is 5.13 Å². The van der Waals surface area contributed by atoms with Crippen molar-refractivity contribution in [2.24, 2.45) is 0 Å². The Bertz CT molecular complexity index is 1600. The molecule has 0 fully saturated rings. The summed E-state index contributed by atoms with van der Waals surface area (Å²) in [5.41, 5.74) is 6.93. The van der Waals surface area contributed by atoms with Crippen molar-refractivity contribution in [3.8, 4) is 22.0 Å². The highest BCUT2D eigenvalue weighted by molar-refractivity contribution is 7.13. The number of hydrogen-bond acceptors (Lipinski definition) is 5. The van der Waals surface area contributed by atoms with Crippen molar-refractivity contribution in [3.63, 3.8) is 0 Å². The molecule has 0 aromatic carbocycles. The standard InChI is InChI=1S/C27H25FN6S/c1-5-16(11-18(6-2)31-15(3)4)17-12-20-25(33-34-27(20)30-14-17)22-13-19-21(32-22)9-10-29-26(19)23-7-8-24(28)35-23/h5-15,31-32H,2H2,1,3-4H3,(H,30,33,34)/b16-5+,18-11+. The fraction of sp³-hybridized carbons (Fsp3) is 0.148. The van der Waals surface area contributed by atoms with Gasteiger partial charge in [0, 0.05) is 46.0 Å². The predicted molar refractivity (Wildman–Crippen MR) is 142 cm³/mol. The zero-order valence-electron chi connectivity index (χ0n) is 19.7. The lowest BCUT2D eigenvalue weighted by atomic mass is 10.0. The molecule has 0 spiro atoms. The third-order valence-electron chi connectivity index (χ3n) is 5.66. The van der Waals surface area contributed by atoms with Crippen molar-refractivity contribution < 1.29 is 4.39 Å². The third kappa shape index (κ3) is 4.40. The van der Waals surface area contributed by atoms with Gasteiger partial charge in [-0.3, -0.25) is 10.1 Å². The van der Waals surface area contributed by atoms with E-state index in [4.69, 9.17) is 0 Å². The van der Waals surface area contributed by atoms with Gasteiger partial charge in [-0.1, -0.05) is 12.7 Å². The van der Waals surface area contributed by atoms with Gasteiger partial charge >= 0.3 is 0 Å². The summed E-state index contributed by atoms with van der Waals surface area (Å²) < 4.78 is 13.7. The molecular weight excluding hydrogens is 459 g/mol. The summed E-state index contributed by atoms with van der Waals surface area (Å²) >= 11 is 1.09. The average Bonchev–Trinajstić information content (AvgIpc) is 3.58. The van der Waals surface area contributed by atoms with E-state index in [2.05, 4.69) is 69.1 Å². The zero-order valence-corrected chi connectivity index (χ0v) is 20.5. The minimum atomic E-state index is -0.232. The fourth-order valence-electron chi connectivity index (χ4n) is 4.08. The van der Waals surface area contributed by atoms with Crippen LogP contribution in [-0.4, -0.2) is 31.2 Å². The molecule has 0 radical (unpaired) electrons. The lowest BCUT2D eigenvalue weighted by molar-refractivity contribution is 0.657.